The molecule has 41 heavy (non-hydrogen) atoms. The lowest BCUT2D eigenvalue weighted by Gasteiger charge is -2.31. The molecule has 0 amide bonds. The Morgan fingerprint density at radius 1 is 0.951 bits per heavy atom. The molecule has 2 aromatic heterocycles. The Hall–Kier alpha value is -4.15. The fourth-order valence-electron chi connectivity index (χ4n) is 5.52. The van der Waals surface area contributed by atoms with Crippen molar-refractivity contribution >= 4 is 22.8 Å². The number of imidazole rings is 1. The minimum Gasteiger partial charge on any atom is -0.480 e. The zero-order valence-electron chi connectivity index (χ0n) is 23.1. The van der Waals surface area contributed by atoms with Gasteiger partial charge >= 0.3 is 5.97 Å². The molecule has 0 radical (unpaired) electrons. The molecule has 8 nitrogen and oxygen atoms in total. The van der Waals surface area contributed by atoms with Crippen molar-refractivity contribution in [1.82, 2.24) is 24.5 Å². The van der Waals surface area contributed by atoms with Crippen molar-refractivity contribution in [2.45, 2.75) is 51.7 Å². The first kappa shape index (κ1) is 28.4. The van der Waals surface area contributed by atoms with E-state index in [-0.39, 0.29) is 13.0 Å². The first-order valence-corrected chi connectivity index (χ1v) is 13.9. The van der Waals surface area contributed by atoms with Crippen LogP contribution in [0, 0.1) is 17.6 Å². The van der Waals surface area contributed by atoms with Crippen LogP contribution in [0.5, 0.6) is 0 Å². The number of rotatable bonds is 12. The molecule has 214 valence electrons. The van der Waals surface area contributed by atoms with Crippen LogP contribution >= 0.6 is 0 Å². The summed E-state index contributed by atoms with van der Waals surface area (Å²) in [6, 6.07) is 16.9. The molecule has 0 saturated carbocycles. The summed E-state index contributed by atoms with van der Waals surface area (Å²) in [6.45, 7) is 4.76. The molecule has 1 unspecified atom stereocenters. The maximum atomic E-state index is 14.0. The lowest BCUT2D eigenvalue weighted by Crippen LogP contribution is -2.46. The topological polar surface area (TPSA) is 110 Å². The van der Waals surface area contributed by atoms with E-state index in [0.29, 0.717) is 35.6 Å². The van der Waals surface area contributed by atoms with Crippen LogP contribution < -0.4 is 11.1 Å². The third kappa shape index (κ3) is 5.98. The molecule has 10 heteroatoms. The van der Waals surface area contributed by atoms with Crippen LogP contribution in [0.4, 0.5) is 8.78 Å². The summed E-state index contributed by atoms with van der Waals surface area (Å²) in [5, 5.41) is 18.7. The van der Waals surface area contributed by atoms with E-state index in [1.807, 2.05) is 43.3 Å². The Labute approximate surface area is 236 Å². The fraction of sp³-hybridized carbons (Fsp3) is 0.323. The Kier molecular flexibility index (Phi) is 8.41. The first-order valence-electron chi connectivity index (χ1n) is 13.9. The normalized spacial score (nSPS) is 14.0. The molecule has 3 atom stereocenters. The molecule has 0 aliphatic carbocycles. The molecule has 3 aromatic carbocycles. The highest BCUT2D eigenvalue weighted by atomic mass is 19.1. The predicted octanol–water partition coefficient (Wildman–Crippen LogP) is 4.69. The zero-order chi connectivity index (χ0) is 29.1. The van der Waals surface area contributed by atoms with Gasteiger partial charge in [-0.05, 0) is 53.8 Å². The van der Waals surface area contributed by atoms with Gasteiger partial charge in [-0.15, -0.1) is 5.10 Å². The van der Waals surface area contributed by atoms with E-state index in [9.17, 15) is 18.7 Å². The van der Waals surface area contributed by atoms with Crippen LogP contribution in [0.1, 0.15) is 42.4 Å². The molecule has 4 N–H and O–H groups in total. The number of carbonyl (C=O) groups is 1. The van der Waals surface area contributed by atoms with Crippen molar-refractivity contribution < 1.29 is 18.7 Å². The lowest BCUT2D eigenvalue weighted by atomic mass is 9.87. The summed E-state index contributed by atoms with van der Waals surface area (Å²) in [5.41, 5.74) is 10.7. The fourth-order valence-corrected chi connectivity index (χ4v) is 5.52. The lowest BCUT2D eigenvalue weighted by molar-refractivity contribution is -0.142. The Balaban J connectivity index is 1.56. The Morgan fingerprint density at radius 2 is 1.66 bits per heavy atom. The number of carboxylic acids is 1. The zero-order valence-corrected chi connectivity index (χ0v) is 23.1. The third-order valence-corrected chi connectivity index (χ3v) is 7.52. The standard InChI is InChI=1S/C31H34F2N6O2/c1-3-19-8-7-9-20(12-19)17-35-18-24(25(34)15-21-13-22(32)16-23(33)14-21)29(30(40)41)38-26-10-5-6-11-27(26)39-31(38)36-28(4-2)37-39/h5-14,16,24-25,29,35H,3-4,15,17-18,34H2,1-2H3,(H,40,41)/t24-,25+,29?/m1/s1. The van der Waals surface area contributed by atoms with Gasteiger partial charge in [0.05, 0.1) is 11.0 Å². The van der Waals surface area contributed by atoms with Crippen LogP contribution in [-0.4, -0.2) is 42.8 Å². The van der Waals surface area contributed by atoms with Gasteiger partial charge in [0, 0.05) is 37.5 Å². The third-order valence-electron chi connectivity index (χ3n) is 7.52. The van der Waals surface area contributed by atoms with Gasteiger partial charge in [0.25, 0.3) is 0 Å². The molecule has 0 fully saturated rings. The number of hydrogen-bond acceptors (Lipinski definition) is 5. The SMILES string of the molecule is CCc1cccc(CNC[C@@H](C(C(=O)O)n2c3ccccc3n3nc(CC)nc23)[C@@H](N)Cc2cc(F)cc(F)c2)c1. The molecular formula is C31H34F2N6O2. The number of nitrogens with one attached hydrogen (secondary N) is 1. The number of nitrogens with zero attached hydrogens (tertiary/aromatic N) is 4. The van der Waals surface area contributed by atoms with E-state index in [0.717, 1.165) is 23.6 Å². The first-order chi connectivity index (χ1) is 19.8. The number of benzene rings is 3. The number of halogens is 2. The summed E-state index contributed by atoms with van der Waals surface area (Å²) in [5.74, 6) is -2.19. The highest BCUT2D eigenvalue weighted by Crippen LogP contribution is 2.31. The van der Waals surface area contributed by atoms with Crippen LogP contribution in [0.25, 0.3) is 16.8 Å². The Morgan fingerprint density at radius 3 is 2.34 bits per heavy atom. The quantitative estimate of drug-likeness (QED) is 0.204. The second-order valence-corrected chi connectivity index (χ2v) is 10.3. The number of fused-ring (bicyclic) bond motifs is 3. The average Bonchev–Trinajstić information content (AvgIpc) is 3.49. The molecular weight excluding hydrogens is 526 g/mol. The summed E-state index contributed by atoms with van der Waals surface area (Å²) >= 11 is 0. The van der Waals surface area contributed by atoms with E-state index in [2.05, 4.69) is 34.5 Å². The summed E-state index contributed by atoms with van der Waals surface area (Å²) in [7, 11) is 0. The van der Waals surface area contributed by atoms with Gasteiger partial charge < -0.3 is 16.2 Å². The van der Waals surface area contributed by atoms with E-state index >= 15 is 0 Å². The highest BCUT2D eigenvalue weighted by molar-refractivity contribution is 5.84. The number of para-hydroxylation sites is 2. The second-order valence-electron chi connectivity index (χ2n) is 10.3. The van der Waals surface area contributed by atoms with E-state index in [1.54, 1.807) is 9.08 Å². The predicted molar refractivity (Wildman–Crippen MR) is 154 cm³/mol. The number of nitrogens with two attached hydrogens (primary N) is 1. The van der Waals surface area contributed by atoms with E-state index in [4.69, 9.17) is 5.73 Å². The molecule has 5 aromatic rings. The summed E-state index contributed by atoms with van der Waals surface area (Å²) in [4.78, 5) is 17.8. The molecule has 0 bridgehead atoms. The maximum absolute atomic E-state index is 14.0. The summed E-state index contributed by atoms with van der Waals surface area (Å²) in [6.07, 6.45) is 1.57. The van der Waals surface area contributed by atoms with Gasteiger partial charge in [-0.1, -0.05) is 50.2 Å². The number of aliphatic carboxylic acids is 1. The van der Waals surface area contributed by atoms with E-state index in [1.165, 1.54) is 17.7 Å². The minimum absolute atomic E-state index is 0.0819. The van der Waals surface area contributed by atoms with Crippen molar-refractivity contribution in [2.24, 2.45) is 11.7 Å². The van der Waals surface area contributed by atoms with Crippen LogP contribution in [0.15, 0.2) is 66.7 Å². The van der Waals surface area contributed by atoms with Crippen LogP contribution in [0.2, 0.25) is 0 Å². The number of hydrogen-bond donors (Lipinski definition) is 3. The van der Waals surface area contributed by atoms with Crippen molar-refractivity contribution in [3.8, 4) is 0 Å². The Bertz CT molecular complexity index is 1660. The molecule has 0 spiro atoms. The monoisotopic (exact) mass is 560 g/mol. The van der Waals surface area contributed by atoms with Gasteiger partial charge in [-0.2, -0.15) is 9.50 Å². The highest BCUT2D eigenvalue weighted by Gasteiger charge is 2.37. The van der Waals surface area contributed by atoms with Crippen molar-refractivity contribution in [3.63, 3.8) is 0 Å². The average molecular weight is 561 g/mol. The summed E-state index contributed by atoms with van der Waals surface area (Å²) < 4.78 is 31.4. The maximum Gasteiger partial charge on any atom is 0.327 e. The van der Waals surface area contributed by atoms with E-state index < -0.39 is 35.6 Å². The second kappa shape index (κ2) is 12.2. The van der Waals surface area contributed by atoms with Crippen molar-refractivity contribution in [1.29, 1.82) is 0 Å². The van der Waals surface area contributed by atoms with Crippen molar-refractivity contribution in [2.75, 3.05) is 6.54 Å². The number of aryl methyl sites for hydroxylation is 2. The molecule has 0 aliphatic rings. The smallest absolute Gasteiger partial charge is 0.327 e. The van der Waals surface area contributed by atoms with Crippen LogP contribution in [-0.2, 0) is 30.6 Å². The van der Waals surface area contributed by atoms with Gasteiger partial charge in [-0.3, -0.25) is 4.57 Å². The minimum atomic E-state index is -1.14. The largest absolute Gasteiger partial charge is 0.480 e. The molecule has 0 aliphatic heterocycles. The molecule has 0 saturated heterocycles. The molecule has 5 rings (SSSR count). The van der Waals surface area contributed by atoms with Gasteiger partial charge in [0.1, 0.15) is 17.7 Å². The van der Waals surface area contributed by atoms with Gasteiger partial charge in [-0.25, -0.2) is 13.6 Å². The van der Waals surface area contributed by atoms with Crippen molar-refractivity contribution in [3.05, 3.63) is 101 Å². The van der Waals surface area contributed by atoms with Crippen LogP contribution in [0.3, 0.4) is 0 Å². The number of aromatic nitrogens is 4. The molecule has 2 heterocycles. The number of carboxylic acid groups (broad SMARTS) is 1. The van der Waals surface area contributed by atoms with Gasteiger partial charge in [0.2, 0.25) is 5.78 Å². The van der Waals surface area contributed by atoms with Gasteiger partial charge in [0.15, 0.2) is 5.82 Å².